The van der Waals surface area contributed by atoms with Crippen molar-refractivity contribution in [3.8, 4) is 0 Å². The number of benzene rings is 3. The normalized spacial score (nSPS) is 12.7. The molecule has 0 bridgehead atoms. The summed E-state index contributed by atoms with van der Waals surface area (Å²) in [6.07, 6.45) is 1.78. The van der Waals surface area contributed by atoms with E-state index in [4.69, 9.17) is 9.47 Å². The second-order valence-electron chi connectivity index (χ2n) is 13.8. The van der Waals surface area contributed by atoms with Gasteiger partial charge < -0.3 is 30.3 Å². The van der Waals surface area contributed by atoms with E-state index in [9.17, 15) is 14.4 Å². The van der Waals surface area contributed by atoms with Gasteiger partial charge in [0.1, 0.15) is 12.6 Å². The van der Waals surface area contributed by atoms with Crippen molar-refractivity contribution in [3.05, 3.63) is 146 Å². The van der Waals surface area contributed by atoms with Crippen molar-refractivity contribution < 1.29 is 23.9 Å². The lowest BCUT2D eigenvalue weighted by molar-refractivity contribution is -0.125. The van der Waals surface area contributed by atoms with E-state index < -0.39 is 18.2 Å². The summed E-state index contributed by atoms with van der Waals surface area (Å²) in [6.45, 7) is 4.94. The van der Waals surface area contributed by atoms with Crippen LogP contribution in [0.1, 0.15) is 64.9 Å². The number of nitrogens with zero attached hydrogens (tertiary/aromatic N) is 2. The van der Waals surface area contributed by atoms with Crippen LogP contribution in [0.5, 0.6) is 0 Å². The van der Waals surface area contributed by atoms with Gasteiger partial charge in [0.05, 0.1) is 30.5 Å². The number of aromatic nitrogens is 1. The Balaban J connectivity index is 1.28. The Kier molecular flexibility index (Phi) is 16.3. The van der Waals surface area contributed by atoms with Crippen molar-refractivity contribution in [2.75, 3.05) is 13.7 Å². The molecule has 0 unspecified atom stereocenters. The van der Waals surface area contributed by atoms with Gasteiger partial charge in [-0.25, -0.2) is 14.6 Å². The van der Waals surface area contributed by atoms with Crippen molar-refractivity contribution in [3.63, 3.8) is 0 Å². The highest BCUT2D eigenvalue weighted by molar-refractivity contribution is 7.10. The van der Waals surface area contributed by atoms with Gasteiger partial charge in [-0.15, -0.1) is 22.7 Å². The Morgan fingerprint density at radius 1 is 0.727 bits per heavy atom. The maximum absolute atomic E-state index is 14.2. The zero-order valence-corrected chi connectivity index (χ0v) is 33.3. The highest BCUT2D eigenvalue weighted by Gasteiger charge is 2.27. The van der Waals surface area contributed by atoms with Gasteiger partial charge in [0.2, 0.25) is 5.91 Å². The van der Waals surface area contributed by atoms with Crippen molar-refractivity contribution in [2.24, 2.45) is 0 Å². The van der Waals surface area contributed by atoms with Crippen LogP contribution in [-0.4, -0.2) is 59.7 Å². The molecule has 4 amide bonds. The topological polar surface area (TPSA) is 122 Å². The molecule has 55 heavy (non-hydrogen) atoms. The molecule has 5 rings (SSSR count). The molecule has 0 saturated carbocycles. The Morgan fingerprint density at radius 2 is 1.33 bits per heavy atom. The Morgan fingerprint density at radius 3 is 1.89 bits per heavy atom. The van der Waals surface area contributed by atoms with E-state index in [2.05, 4.69) is 34.8 Å². The predicted molar refractivity (Wildman–Crippen MR) is 219 cm³/mol. The van der Waals surface area contributed by atoms with Gasteiger partial charge in [0.25, 0.3) is 0 Å². The van der Waals surface area contributed by atoms with Crippen molar-refractivity contribution in [1.82, 2.24) is 25.8 Å². The number of carbonyl (C=O) groups excluding carboxylic acids is 3. The first kappa shape index (κ1) is 41.1. The molecular formula is C43H51N5O5S2. The number of rotatable bonds is 20. The molecule has 290 valence electrons. The monoisotopic (exact) mass is 781 g/mol. The lowest BCUT2D eigenvalue weighted by atomic mass is 9.96. The van der Waals surface area contributed by atoms with Gasteiger partial charge >= 0.3 is 12.1 Å². The number of nitrogens with one attached hydrogen (secondary N) is 3. The first-order valence-corrected chi connectivity index (χ1v) is 20.4. The van der Waals surface area contributed by atoms with E-state index in [1.54, 1.807) is 18.4 Å². The highest BCUT2D eigenvalue weighted by Crippen LogP contribution is 2.20. The van der Waals surface area contributed by atoms with Crippen LogP contribution in [0.25, 0.3) is 0 Å². The molecule has 3 aromatic carbocycles. The summed E-state index contributed by atoms with van der Waals surface area (Å²) in [6, 6.07) is 31.6. The third-order valence-electron chi connectivity index (χ3n) is 8.93. The summed E-state index contributed by atoms with van der Waals surface area (Å²) in [7, 11) is 1.69. The molecule has 0 radical (unpaired) electrons. The Hall–Kier alpha value is -5.04. The summed E-state index contributed by atoms with van der Waals surface area (Å²) in [5.74, 6) is -0.0550. The lowest BCUT2D eigenvalue weighted by Gasteiger charge is -2.27. The van der Waals surface area contributed by atoms with Gasteiger partial charge in [-0.2, -0.15) is 0 Å². The maximum atomic E-state index is 14.2. The second kappa shape index (κ2) is 21.7. The molecule has 0 aliphatic carbocycles. The number of urea groups is 1. The molecule has 0 aliphatic heterocycles. The molecule has 2 aromatic heterocycles. The molecule has 12 heteroatoms. The summed E-state index contributed by atoms with van der Waals surface area (Å²) in [4.78, 5) is 47.8. The fraction of sp³-hybridized carbons (Fsp3) is 0.349. The van der Waals surface area contributed by atoms with E-state index in [-0.39, 0.29) is 37.8 Å². The summed E-state index contributed by atoms with van der Waals surface area (Å²) in [5.41, 5.74) is 3.89. The molecule has 2 heterocycles. The highest BCUT2D eigenvalue weighted by atomic mass is 32.1. The van der Waals surface area contributed by atoms with Gasteiger partial charge in [-0.05, 0) is 53.8 Å². The Labute approximate surface area is 332 Å². The van der Waals surface area contributed by atoms with Crippen LogP contribution in [-0.2, 0) is 46.9 Å². The molecule has 0 saturated heterocycles. The molecule has 10 nitrogen and oxygen atoms in total. The number of carbonyl (C=O) groups is 3. The van der Waals surface area contributed by atoms with Crippen LogP contribution in [0.4, 0.5) is 9.59 Å². The van der Waals surface area contributed by atoms with Crippen LogP contribution in [0, 0.1) is 0 Å². The third-order valence-corrected chi connectivity index (χ3v) is 11.0. The molecule has 3 atom stereocenters. The fourth-order valence-corrected chi connectivity index (χ4v) is 7.42. The number of ether oxygens (including phenoxy) is 2. The van der Waals surface area contributed by atoms with Gasteiger partial charge in [0, 0.05) is 35.3 Å². The summed E-state index contributed by atoms with van der Waals surface area (Å²) >= 11 is 3.11. The van der Waals surface area contributed by atoms with E-state index in [1.807, 2.05) is 114 Å². The molecule has 0 fully saturated rings. The third kappa shape index (κ3) is 14.3. The zero-order chi connectivity index (χ0) is 38.8. The first-order valence-electron chi connectivity index (χ1n) is 18.6. The van der Waals surface area contributed by atoms with Crippen molar-refractivity contribution in [1.29, 1.82) is 0 Å². The number of thiazole rings is 1. The lowest BCUT2D eigenvalue weighted by Crippen LogP contribution is -2.54. The van der Waals surface area contributed by atoms with Crippen molar-refractivity contribution >= 4 is 40.7 Å². The molecular weight excluding hydrogens is 731 g/mol. The fourth-order valence-electron chi connectivity index (χ4n) is 5.98. The number of amides is 4. The molecule has 5 aromatic rings. The summed E-state index contributed by atoms with van der Waals surface area (Å²) in [5, 5.41) is 14.2. The largest absolute Gasteiger partial charge is 0.444 e. The Bertz CT molecular complexity index is 1870. The average molecular weight is 782 g/mol. The van der Waals surface area contributed by atoms with Crippen LogP contribution in [0.3, 0.4) is 0 Å². The second-order valence-corrected chi connectivity index (χ2v) is 15.8. The number of hydrogen-bond donors (Lipinski definition) is 3. The maximum Gasteiger partial charge on any atom is 0.407 e. The van der Waals surface area contributed by atoms with Gasteiger partial charge in [-0.1, -0.05) is 111 Å². The minimum atomic E-state index is -0.968. The zero-order valence-electron chi connectivity index (χ0n) is 31.7. The minimum Gasteiger partial charge on any atom is -0.444 e. The van der Waals surface area contributed by atoms with Gasteiger partial charge in [0.15, 0.2) is 0 Å². The average Bonchev–Trinajstić information content (AvgIpc) is 3.90. The number of alkyl carbamates (subject to hydrolysis) is 1. The van der Waals surface area contributed by atoms with E-state index in [0.717, 1.165) is 32.3 Å². The number of thiophene rings is 1. The van der Waals surface area contributed by atoms with Crippen LogP contribution in [0.15, 0.2) is 114 Å². The SMILES string of the molecule is CC(C)c1nc(CN(C)C(=O)N[C@@H](COCc2ccccc2)C(=O)N[C@H](CC[C@H](Cc2ccccc2)NC(=O)OCc2cccs2)Cc2ccccc2)cs1. The summed E-state index contributed by atoms with van der Waals surface area (Å²) < 4.78 is 11.6. The predicted octanol–water partition coefficient (Wildman–Crippen LogP) is 8.10. The van der Waals surface area contributed by atoms with Crippen molar-refractivity contribution in [2.45, 2.75) is 83.3 Å². The minimum absolute atomic E-state index is 0.0270. The van der Waals surface area contributed by atoms with Crippen LogP contribution in [0.2, 0.25) is 0 Å². The van der Waals surface area contributed by atoms with Crippen LogP contribution >= 0.6 is 22.7 Å². The quantitative estimate of drug-likeness (QED) is 0.0734. The van der Waals surface area contributed by atoms with E-state index >= 15 is 0 Å². The number of hydrogen-bond acceptors (Lipinski definition) is 8. The first-order chi connectivity index (χ1) is 26.7. The van der Waals surface area contributed by atoms with E-state index in [0.29, 0.717) is 38.1 Å². The molecule has 3 N–H and O–H groups in total. The van der Waals surface area contributed by atoms with E-state index in [1.165, 1.54) is 16.2 Å². The van der Waals surface area contributed by atoms with Gasteiger partial charge in [-0.3, -0.25) is 4.79 Å². The molecule has 0 aliphatic rings. The smallest absolute Gasteiger partial charge is 0.407 e. The standard InChI is InChI=1S/C43H51N5O5S2/c1-31(2)41-45-37(30-55-41)26-48(3)42(50)47-39(29-52-27-34-18-11-6-12-19-34)40(49)44-35(24-32-14-7-4-8-15-32)21-22-36(25-33-16-9-5-10-17-33)46-43(51)53-28-38-20-13-23-54-38/h4-20,23,30-31,35-36,39H,21-22,24-29H2,1-3H3,(H,44,49)(H,46,51)(H,47,50)/t35-,36-,39+/m1/s1. The molecule has 0 spiro atoms. The van der Waals surface area contributed by atoms with Crippen LogP contribution < -0.4 is 16.0 Å².